The number of anilines is 1. The van der Waals surface area contributed by atoms with Gasteiger partial charge in [0.05, 0.1) is 34.8 Å². The van der Waals surface area contributed by atoms with Crippen molar-refractivity contribution in [2.45, 2.75) is 82.3 Å². The molecule has 12 heteroatoms. The van der Waals surface area contributed by atoms with Gasteiger partial charge in [0.2, 0.25) is 0 Å². The summed E-state index contributed by atoms with van der Waals surface area (Å²) in [7, 11) is 1.50. The number of halogens is 2. The van der Waals surface area contributed by atoms with Gasteiger partial charge in [-0.1, -0.05) is 30.7 Å². The van der Waals surface area contributed by atoms with Crippen LogP contribution < -0.4 is 9.64 Å². The second kappa shape index (κ2) is 12.3. The molecule has 0 N–H and O–H groups in total. The van der Waals surface area contributed by atoms with Gasteiger partial charge in [0.1, 0.15) is 34.2 Å². The van der Waals surface area contributed by atoms with E-state index in [-0.39, 0.29) is 47.8 Å². The molecule has 3 atom stereocenters. The number of hydrogen-bond donors (Lipinski definition) is 0. The van der Waals surface area contributed by atoms with E-state index in [9.17, 15) is 4.79 Å². The summed E-state index contributed by atoms with van der Waals surface area (Å²) in [5, 5.41) is 1.93. The summed E-state index contributed by atoms with van der Waals surface area (Å²) >= 11 is 1.43. The molecule has 0 aliphatic carbocycles. The molecule has 2 aromatic carbocycles. The lowest BCUT2D eigenvalue weighted by molar-refractivity contribution is 0.00721. The average molecular weight is 674 g/mol. The number of carbonyl (C=O) groups is 1. The summed E-state index contributed by atoms with van der Waals surface area (Å²) in [5.74, 6) is 2.92. The number of ether oxygens (including phenoxy) is 3. The van der Waals surface area contributed by atoms with Crippen LogP contribution in [0.1, 0.15) is 58.2 Å². The van der Waals surface area contributed by atoms with E-state index in [0.29, 0.717) is 69.3 Å². The fraction of sp³-hybridized carbons (Fsp3) is 0.444. The highest BCUT2D eigenvalue weighted by Gasteiger charge is 2.51. The highest BCUT2D eigenvalue weighted by Crippen LogP contribution is 2.46. The average Bonchev–Trinajstić information content (AvgIpc) is 3.28. The van der Waals surface area contributed by atoms with Crippen LogP contribution in [0.2, 0.25) is 0 Å². The molecule has 2 saturated heterocycles. The van der Waals surface area contributed by atoms with Gasteiger partial charge in [0, 0.05) is 24.6 Å². The molecule has 4 aromatic rings. The number of piperazine rings is 1. The molecular weight excluding hydrogens is 636 g/mol. The van der Waals surface area contributed by atoms with E-state index in [1.165, 1.54) is 24.9 Å². The van der Waals surface area contributed by atoms with Crippen molar-refractivity contribution in [3.8, 4) is 29.4 Å². The van der Waals surface area contributed by atoms with E-state index in [4.69, 9.17) is 35.6 Å². The number of aromatic nitrogens is 3. The molecule has 3 aliphatic rings. The Kier molecular flexibility index (Phi) is 8.32. The second-order valence-electron chi connectivity index (χ2n) is 13.3. The molecule has 5 heterocycles. The van der Waals surface area contributed by atoms with Crippen LogP contribution in [-0.4, -0.2) is 75.9 Å². The minimum atomic E-state index is -0.651. The molecule has 1 amide bonds. The summed E-state index contributed by atoms with van der Waals surface area (Å²) in [6.07, 6.45) is 8.32. The molecule has 0 radical (unpaired) electrons. The van der Waals surface area contributed by atoms with Gasteiger partial charge >= 0.3 is 6.09 Å². The smallest absolute Gasteiger partial charge is 0.410 e. The van der Waals surface area contributed by atoms with Crippen LogP contribution in [0.15, 0.2) is 29.4 Å². The monoisotopic (exact) mass is 673 g/mol. The van der Waals surface area contributed by atoms with Gasteiger partial charge in [-0.2, -0.15) is 0 Å². The van der Waals surface area contributed by atoms with E-state index in [0.717, 1.165) is 12.8 Å². The number of terminal acetylenes is 1. The summed E-state index contributed by atoms with van der Waals surface area (Å²) in [6, 6.07) is 5.97. The van der Waals surface area contributed by atoms with Gasteiger partial charge in [-0.05, 0) is 75.8 Å². The lowest BCUT2D eigenvalue weighted by atomic mass is 9.95. The third-order valence-electron chi connectivity index (χ3n) is 9.23. The molecule has 7 rings (SSSR count). The molecule has 2 fully saturated rings. The molecule has 0 unspecified atom stereocenters. The number of rotatable bonds is 6. The van der Waals surface area contributed by atoms with Gasteiger partial charge < -0.3 is 19.1 Å². The Hall–Kier alpha value is -4.21. The van der Waals surface area contributed by atoms with Crippen LogP contribution in [-0.2, 0) is 15.9 Å². The summed E-state index contributed by atoms with van der Waals surface area (Å²) in [6.45, 7) is 8.11. The first-order valence-corrected chi connectivity index (χ1v) is 17.2. The van der Waals surface area contributed by atoms with Crippen molar-refractivity contribution < 1.29 is 27.8 Å². The maximum absolute atomic E-state index is 17.1. The number of hydrogen-bond acceptors (Lipinski definition) is 9. The molecule has 3 aliphatic heterocycles. The van der Waals surface area contributed by atoms with Gasteiger partial charge in [-0.3, -0.25) is 4.90 Å². The Morgan fingerprint density at radius 2 is 1.92 bits per heavy atom. The molecule has 2 aromatic heterocycles. The van der Waals surface area contributed by atoms with Crippen molar-refractivity contribution in [2.24, 2.45) is 0 Å². The van der Waals surface area contributed by atoms with Crippen molar-refractivity contribution in [1.82, 2.24) is 19.9 Å². The van der Waals surface area contributed by atoms with Crippen LogP contribution in [0.4, 0.5) is 19.4 Å². The Balaban J connectivity index is 1.42. The van der Waals surface area contributed by atoms with E-state index >= 15 is 8.78 Å². The van der Waals surface area contributed by atoms with Gasteiger partial charge in [-0.15, -0.1) is 6.42 Å². The van der Waals surface area contributed by atoms with Crippen LogP contribution in [0.3, 0.4) is 0 Å². The lowest BCUT2D eigenvalue weighted by Gasteiger charge is -2.47. The van der Waals surface area contributed by atoms with Gasteiger partial charge in [0.15, 0.2) is 17.8 Å². The number of thioether (sulfide) groups is 1. The van der Waals surface area contributed by atoms with E-state index in [1.54, 1.807) is 18.2 Å². The predicted octanol–water partition coefficient (Wildman–Crippen LogP) is 7.10. The minimum absolute atomic E-state index is 0.00124. The molecule has 0 saturated carbocycles. The Morgan fingerprint density at radius 1 is 1.10 bits per heavy atom. The minimum Gasteiger partial charge on any atom is -0.468 e. The standard InChI is InChI=1S/C36H37F2N5O4S/c1-7-22-24(37)11-9-19-15-21(46-18-45-6)16-23(28(19)22)31-30(38)32-29-25(39-31)12-14-26-27-13-10-20(43(27)35(44)47-36(3,4)5)17-42(26)33(29)41-34(40-32)48-8-2/h1,9,11,15-16,20,26-27H,8,10,12-14,17-18H2,2-6H3/t20-,26-,27+/m1/s1. The first kappa shape index (κ1) is 32.3. The largest absolute Gasteiger partial charge is 0.468 e. The van der Waals surface area contributed by atoms with Crippen molar-refractivity contribution in [1.29, 1.82) is 0 Å². The van der Waals surface area contributed by atoms with Crippen LogP contribution >= 0.6 is 11.8 Å². The summed E-state index contributed by atoms with van der Waals surface area (Å²) in [5.41, 5.74) is 0.468. The molecular formula is C36H37F2N5O4S. The number of carbonyl (C=O) groups excluding carboxylic acids is 1. The van der Waals surface area contributed by atoms with Crippen molar-refractivity contribution in [2.75, 3.05) is 31.1 Å². The first-order chi connectivity index (χ1) is 23.0. The fourth-order valence-electron chi connectivity index (χ4n) is 7.43. The van der Waals surface area contributed by atoms with Gasteiger partial charge in [0.25, 0.3) is 0 Å². The third-order valence-corrected chi connectivity index (χ3v) is 9.96. The van der Waals surface area contributed by atoms with Crippen LogP contribution in [0.5, 0.6) is 5.75 Å². The number of fused-ring (bicyclic) bond motifs is 6. The molecule has 48 heavy (non-hydrogen) atoms. The van der Waals surface area contributed by atoms with Gasteiger partial charge in [-0.25, -0.2) is 28.5 Å². The summed E-state index contributed by atoms with van der Waals surface area (Å²) < 4.78 is 49.0. The number of benzene rings is 2. The van der Waals surface area contributed by atoms with E-state index < -0.39 is 17.2 Å². The number of methoxy groups -OCH3 is 1. The zero-order valence-corrected chi connectivity index (χ0v) is 28.4. The van der Waals surface area contributed by atoms with Crippen molar-refractivity contribution in [3.05, 3.63) is 47.2 Å². The molecule has 250 valence electrons. The zero-order chi connectivity index (χ0) is 33.9. The predicted molar refractivity (Wildman–Crippen MR) is 181 cm³/mol. The second-order valence-corrected chi connectivity index (χ2v) is 14.6. The lowest BCUT2D eigenvalue weighted by Crippen LogP contribution is -2.62. The van der Waals surface area contributed by atoms with Crippen LogP contribution in [0, 0.1) is 24.0 Å². The SMILES string of the molecule is C#Cc1c(F)ccc2cc(OCOC)cc(-c3nc4c5c(nc(SCC)nc5c3F)N3C[C@H]5CC[C@@H]([C@H]3CC4)N5C(=O)OC(C)(C)C)c12. The first-order valence-electron chi connectivity index (χ1n) is 16.2. The molecule has 2 bridgehead atoms. The third kappa shape index (κ3) is 5.47. The highest BCUT2D eigenvalue weighted by molar-refractivity contribution is 7.99. The highest BCUT2D eigenvalue weighted by atomic mass is 32.2. The number of aryl methyl sites for hydroxylation is 1. The fourth-order valence-corrected chi connectivity index (χ4v) is 8.00. The van der Waals surface area contributed by atoms with Crippen molar-refractivity contribution >= 4 is 45.3 Å². The number of amides is 1. The van der Waals surface area contributed by atoms with Crippen LogP contribution in [0.25, 0.3) is 32.9 Å². The maximum Gasteiger partial charge on any atom is 0.410 e. The van der Waals surface area contributed by atoms with Crippen molar-refractivity contribution in [3.63, 3.8) is 0 Å². The normalized spacial score (nSPS) is 20.1. The molecule has 0 spiro atoms. The van der Waals surface area contributed by atoms with E-state index in [1.807, 2.05) is 32.6 Å². The maximum atomic E-state index is 17.1. The Bertz CT molecular complexity index is 1990. The number of pyridine rings is 1. The zero-order valence-electron chi connectivity index (χ0n) is 27.6. The Labute approximate surface area is 282 Å². The Morgan fingerprint density at radius 3 is 2.65 bits per heavy atom. The summed E-state index contributed by atoms with van der Waals surface area (Å²) in [4.78, 5) is 32.3. The number of nitrogens with zero attached hydrogens (tertiary/aromatic N) is 5. The topological polar surface area (TPSA) is 89.9 Å². The molecule has 9 nitrogen and oxygen atoms in total. The van der Waals surface area contributed by atoms with E-state index in [2.05, 4.69) is 10.8 Å². The quantitative estimate of drug-likeness (QED) is 0.0920.